The first-order chi connectivity index (χ1) is 19.8. The number of hydrogen-bond acceptors (Lipinski definition) is 7. The first-order valence-corrected chi connectivity index (χ1v) is 14.0. The van der Waals surface area contributed by atoms with Crippen LogP contribution in [0.2, 0.25) is 0 Å². The number of carbonyl (C=O) groups excluding carboxylic acids is 2. The molecule has 1 unspecified atom stereocenters. The van der Waals surface area contributed by atoms with Gasteiger partial charge in [0, 0.05) is 18.7 Å². The number of aliphatic hydroxyl groups excluding tert-OH is 1. The molecule has 1 atom stereocenters. The van der Waals surface area contributed by atoms with Crippen molar-refractivity contribution in [2.24, 2.45) is 0 Å². The third-order valence-corrected chi connectivity index (χ3v) is 7.47. The van der Waals surface area contributed by atoms with E-state index in [1.54, 1.807) is 43.3 Å². The first-order valence-electron chi connectivity index (χ1n) is 14.0. The van der Waals surface area contributed by atoms with Gasteiger partial charge in [0.05, 0.1) is 18.2 Å². The smallest absolute Gasteiger partial charge is 0.295 e. The summed E-state index contributed by atoms with van der Waals surface area (Å²) in [6.45, 7) is 11.1. The summed E-state index contributed by atoms with van der Waals surface area (Å²) in [6.07, 6.45) is 0. The minimum atomic E-state index is -0.845. The number of rotatable bonds is 12. The van der Waals surface area contributed by atoms with Crippen molar-refractivity contribution in [3.05, 3.63) is 94.6 Å². The summed E-state index contributed by atoms with van der Waals surface area (Å²) in [5.41, 5.74) is 3.16. The predicted molar refractivity (Wildman–Crippen MR) is 158 cm³/mol. The minimum Gasteiger partial charge on any atom is -0.507 e. The molecule has 0 saturated carbocycles. The van der Waals surface area contributed by atoms with Crippen molar-refractivity contribution in [2.45, 2.75) is 40.3 Å². The van der Waals surface area contributed by atoms with Crippen LogP contribution in [0.25, 0.3) is 5.76 Å². The number of hydrogen-bond donors (Lipinski definition) is 2. The molecule has 0 aromatic heterocycles. The van der Waals surface area contributed by atoms with Crippen molar-refractivity contribution >= 4 is 17.4 Å². The number of benzene rings is 3. The zero-order chi connectivity index (χ0) is 29.5. The number of phenols is 1. The molecular weight excluding hydrogens is 520 g/mol. The second-order valence-corrected chi connectivity index (χ2v) is 9.92. The maximum Gasteiger partial charge on any atom is 0.295 e. The van der Waals surface area contributed by atoms with E-state index in [0.717, 1.165) is 24.2 Å². The molecular formula is C33H38N2O6. The molecule has 1 saturated heterocycles. The number of ketones is 1. The van der Waals surface area contributed by atoms with Gasteiger partial charge in [0.25, 0.3) is 11.7 Å². The molecule has 0 radical (unpaired) electrons. The Kier molecular flexibility index (Phi) is 9.68. The number of aromatic hydroxyl groups is 1. The molecule has 0 aliphatic carbocycles. The summed E-state index contributed by atoms with van der Waals surface area (Å²) < 4.78 is 11.5. The largest absolute Gasteiger partial charge is 0.507 e. The quantitative estimate of drug-likeness (QED) is 0.173. The number of Topliss-reactive ketones (excluding diaryl/α,β-unsaturated/α-hetero) is 1. The van der Waals surface area contributed by atoms with Crippen LogP contribution in [-0.4, -0.2) is 64.5 Å². The fourth-order valence-corrected chi connectivity index (χ4v) is 5.02. The Morgan fingerprint density at radius 2 is 1.66 bits per heavy atom. The lowest BCUT2D eigenvalue weighted by molar-refractivity contribution is -0.140. The molecule has 1 amide bonds. The van der Waals surface area contributed by atoms with E-state index in [1.807, 2.05) is 45.0 Å². The molecule has 216 valence electrons. The van der Waals surface area contributed by atoms with Crippen molar-refractivity contribution in [1.29, 1.82) is 0 Å². The summed E-state index contributed by atoms with van der Waals surface area (Å²) in [6, 6.07) is 18.7. The van der Waals surface area contributed by atoms with Gasteiger partial charge in [0.2, 0.25) is 0 Å². The number of carbonyl (C=O) groups is 2. The van der Waals surface area contributed by atoms with Gasteiger partial charge in [-0.25, -0.2) is 0 Å². The molecule has 41 heavy (non-hydrogen) atoms. The van der Waals surface area contributed by atoms with Crippen LogP contribution in [0.1, 0.15) is 49.1 Å². The Hall–Kier alpha value is -4.30. The summed E-state index contributed by atoms with van der Waals surface area (Å²) in [5, 5.41) is 21.7. The van der Waals surface area contributed by atoms with Gasteiger partial charge in [0.15, 0.2) is 11.5 Å². The molecule has 1 aliphatic rings. The zero-order valence-corrected chi connectivity index (χ0v) is 24.1. The Bertz CT molecular complexity index is 1410. The van der Waals surface area contributed by atoms with Crippen molar-refractivity contribution < 1.29 is 29.3 Å². The molecule has 0 bridgehead atoms. The highest BCUT2D eigenvalue weighted by Crippen LogP contribution is 2.42. The van der Waals surface area contributed by atoms with Gasteiger partial charge in [0.1, 0.15) is 18.1 Å². The lowest BCUT2D eigenvalue weighted by Crippen LogP contribution is -2.38. The van der Waals surface area contributed by atoms with E-state index in [4.69, 9.17) is 9.47 Å². The van der Waals surface area contributed by atoms with Gasteiger partial charge in [-0.1, -0.05) is 44.2 Å². The number of phenolic OH excluding ortho intramolecular Hbond substituents is 1. The van der Waals surface area contributed by atoms with Crippen molar-refractivity contribution in [2.75, 3.05) is 32.8 Å². The second-order valence-electron chi connectivity index (χ2n) is 9.92. The average molecular weight is 559 g/mol. The molecule has 1 heterocycles. The SMILES string of the molecule is CCOc1cc(C2/C(=C(\O)c3ccc(OCc4ccccc4C)cc3)C(=O)C(=O)N2CCN(CC)CC)ccc1O. The molecule has 1 aliphatic heterocycles. The van der Waals surface area contributed by atoms with E-state index in [2.05, 4.69) is 4.90 Å². The Morgan fingerprint density at radius 1 is 0.951 bits per heavy atom. The van der Waals surface area contributed by atoms with Gasteiger partial charge < -0.3 is 29.5 Å². The fourth-order valence-electron chi connectivity index (χ4n) is 5.02. The number of nitrogens with zero attached hydrogens (tertiary/aromatic N) is 2. The molecule has 3 aromatic carbocycles. The van der Waals surface area contributed by atoms with Crippen LogP contribution in [0.15, 0.2) is 72.3 Å². The van der Waals surface area contributed by atoms with Gasteiger partial charge in [-0.3, -0.25) is 9.59 Å². The number of likely N-dealkylation sites (N-methyl/N-ethyl adjacent to an activating group) is 1. The van der Waals surface area contributed by atoms with E-state index in [1.165, 1.54) is 11.0 Å². The van der Waals surface area contributed by atoms with Crippen LogP contribution in [0, 0.1) is 6.92 Å². The van der Waals surface area contributed by atoms with Crippen molar-refractivity contribution in [3.8, 4) is 17.2 Å². The Labute approximate surface area is 241 Å². The lowest BCUT2D eigenvalue weighted by atomic mass is 9.95. The van der Waals surface area contributed by atoms with Gasteiger partial charge in [-0.15, -0.1) is 0 Å². The molecule has 8 nitrogen and oxygen atoms in total. The van der Waals surface area contributed by atoms with Crippen LogP contribution in [0.5, 0.6) is 17.2 Å². The summed E-state index contributed by atoms with van der Waals surface area (Å²) in [5.74, 6) is -0.881. The van der Waals surface area contributed by atoms with E-state index < -0.39 is 17.7 Å². The van der Waals surface area contributed by atoms with Crippen molar-refractivity contribution in [3.63, 3.8) is 0 Å². The van der Waals surface area contributed by atoms with Crippen LogP contribution in [0.3, 0.4) is 0 Å². The summed E-state index contributed by atoms with van der Waals surface area (Å²) in [4.78, 5) is 30.4. The standard InChI is InChI=1S/C33H38N2O6/c1-5-34(6-2)18-19-35-30(24-14-17-27(36)28(20-24)40-7-3)29(32(38)33(35)39)31(37)23-12-15-26(16-13-23)41-21-25-11-9-8-10-22(25)4/h8-17,20,30,36-37H,5-7,18-19,21H2,1-4H3/b31-29+. The molecule has 1 fully saturated rings. The van der Waals surface area contributed by atoms with Gasteiger partial charge in [-0.05, 0) is 80.0 Å². The summed E-state index contributed by atoms with van der Waals surface area (Å²) >= 11 is 0. The average Bonchev–Trinajstić information content (AvgIpc) is 3.23. The van der Waals surface area contributed by atoms with Gasteiger partial charge in [-0.2, -0.15) is 0 Å². The zero-order valence-electron chi connectivity index (χ0n) is 24.1. The van der Waals surface area contributed by atoms with Crippen LogP contribution >= 0.6 is 0 Å². The Balaban J connectivity index is 1.69. The number of aliphatic hydroxyl groups is 1. The molecule has 2 N–H and O–H groups in total. The Morgan fingerprint density at radius 3 is 2.32 bits per heavy atom. The third kappa shape index (κ3) is 6.55. The third-order valence-electron chi connectivity index (χ3n) is 7.47. The number of aryl methyl sites for hydroxylation is 1. The lowest BCUT2D eigenvalue weighted by Gasteiger charge is -2.28. The highest BCUT2D eigenvalue weighted by atomic mass is 16.5. The molecule has 3 aromatic rings. The van der Waals surface area contributed by atoms with E-state index in [0.29, 0.717) is 43.2 Å². The normalized spacial score (nSPS) is 16.4. The topological polar surface area (TPSA) is 99.5 Å². The van der Waals surface area contributed by atoms with E-state index in [9.17, 15) is 19.8 Å². The number of amides is 1. The van der Waals surface area contributed by atoms with E-state index in [-0.39, 0.29) is 22.8 Å². The maximum atomic E-state index is 13.4. The molecule has 0 spiro atoms. The highest BCUT2D eigenvalue weighted by Gasteiger charge is 2.46. The first kappa shape index (κ1) is 29.7. The number of ether oxygens (including phenoxy) is 2. The van der Waals surface area contributed by atoms with Crippen LogP contribution in [0.4, 0.5) is 0 Å². The fraction of sp³-hybridized carbons (Fsp3) is 0.333. The molecule has 8 heteroatoms. The molecule has 4 rings (SSSR count). The second kappa shape index (κ2) is 13.4. The van der Waals surface area contributed by atoms with Gasteiger partial charge >= 0.3 is 0 Å². The van der Waals surface area contributed by atoms with Crippen LogP contribution in [-0.2, 0) is 16.2 Å². The monoisotopic (exact) mass is 558 g/mol. The predicted octanol–water partition coefficient (Wildman–Crippen LogP) is 5.44. The maximum absolute atomic E-state index is 13.4. The van der Waals surface area contributed by atoms with Crippen molar-refractivity contribution in [1.82, 2.24) is 9.80 Å². The highest BCUT2D eigenvalue weighted by molar-refractivity contribution is 6.46. The van der Waals surface area contributed by atoms with Crippen LogP contribution < -0.4 is 9.47 Å². The number of likely N-dealkylation sites (tertiary alicyclic amines) is 1. The summed E-state index contributed by atoms with van der Waals surface area (Å²) in [7, 11) is 0. The van der Waals surface area contributed by atoms with E-state index >= 15 is 0 Å². The minimum absolute atomic E-state index is 0.00346.